The Morgan fingerprint density at radius 1 is 0.824 bits per heavy atom. The zero-order chi connectivity index (χ0) is 11.2. The van der Waals surface area contributed by atoms with E-state index in [2.05, 4.69) is 15.1 Å². The molecule has 3 unspecified atom stereocenters. The van der Waals surface area contributed by atoms with Crippen molar-refractivity contribution in [3.05, 3.63) is 0 Å². The van der Waals surface area contributed by atoms with Crippen molar-refractivity contribution in [1.82, 2.24) is 15.1 Å². The number of likely N-dealkylation sites (tertiary alicyclic amines) is 1. The standard InChI is InChI=1S/C14H25N3/c1-2-14-13(6-9-16(14)7-1)15-11-5-8-17(10-11)12-3-4-12/h11-15H,1-10H2. The fourth-order valence-corrected chi connectivity index (χ4v) is 4.27. The van der Waals surface area contributed by atoms with Gasteiger partial charge in [0.25, 0.3) is 0 Å². The first-order chi connectivity index (χ1) is 8.40. The van der Waals surface area contributed by atoms with Gasteiger partial charge in [0.05, 0.1) is 0 Å². The van der Waals surface area contributed by atoms with E-state index in [1.54, 1.807) is 0 Å². The molecule has 3 nitrogen and oxygen atoms in total. The van der Waals surface area contributed by atoms with Gasteiger partial charge in [0.2, 0.25) is 0 Å². The third kappa shape index (κ3) is 2.02. The molecule has 4 aliphatic rings. The first-order valence-corrected chi connectivity index (χ1v) is 7.64. The van der Waals surface area contributed by atoms with Gasteiger partial charge in [-0.1, -0.05) is 0 Å². The molecule has 0 amide bonds. The average molecular weight is 235 g/mol. The van der Waals surface area contributed by atoms with Gasteiger partial charge in [-0.2, -0.15) is 0 Å². The number of nitrogens with one attached hydrogen (secondary N) is 1. The van der Waals surface area contributed by atoms with Gasteiger partial charge in [-0.25, -0.2) is 0 Å². The summed E-state index contributed by atoms with van der Waals surface area (Å²) in [5.74, 6) is 0. The van der Waals surface area contributed by atoms with Crippen molar-refractivity contribution in [2.75, 3.05) is 26.2 Å². The van der Waals surface area contributed by atoms with E-state index in [9.17, 15) is 0 Å². The van der Waals surface area contributed by atoms with E-state index in [-0.39, 0.29) is 0 Å². The lowest BCUT2D eigenvalue weighted by Crippen LogP contribution is -2.45. The van der Waals surface area contributed by atoms with E-state index < -0.39 is 0 Å². The van der Waals surface area contributed by atoms with Gasteiger partial charge < -0.3 is 5.32 Å². The molecule has 0 bridgehead atoms. The first kappa shape index (κ1) is 10.8. The highest BCUT2D eigenvalue weighted by molar-refractivity contribution is 4.99. The van der Waals surface area contributed by atoms with Crippen molar-refractivity contribution in [2.24, 2.45) is 0 Å². The Kier molecular flexibility index (Phi) is 2.67. The first-order valence-electron chi connectivity index (χ1n) is 7.64. The number of hydrogen-bond donors (Lipinski definition) is 1. The summed E-state index contributed by atoms with van der Waals surface area (Å²) in [5.41, 5.74) is 0. The lowest BCUT2D eigenvalue weighted by Gasteiger charge is -2.25. The van der Waals surface area contributed by atoms with E-state index in [0.717, 1.165) is 24.2 Å². The van der Waals surface area contributed by atoms with Crippen LogP contribution in [-0.4, -0.2) is 60.1 Å². The highest BCUT2D eigenvalue weighted by Gasteiger charge is 2.40. The Labute approximate surface area is 105 Å². The summed E-state index contributed by atoms with van der Waals surface area (Å²) < 4.78 is 0. The number of fused-ring (bicyclic) bond motifs is 1. The van der Waals surface area contributed by atoms with Crippen molar-refractivity contribution in [1.29, 1.82) is 0 Å². The third-order valence-electron chi connectivity index (χ3n) is 5.34. The molecule has 1 saturated carbocycles. The minimum Gasteiger partial charge on any atom is -0.308 e. The van der Waals surface area contributed by atoms with Crippen LogP contribution in [0.15, 0.2) is 0 Å². The summed E-state index contributed by atoms with van der Waals surface area (Å²) in [5, 5.41) is 3.98. The van der Waals surface area contributed by atoms with Gasteiger partial charge in [0.1, 0.15) is 0 Å². The Bertz CT molecular complexity index is 289. The molecule has 0 aromatic rings. The molecule has 3 saturated heterocycles. The van der Waals surface area contributed by atoms with Gasteiger partial charge in [0, 0.05) is 43.8 Å². The summed E-state index contributed by atoms with van der Waals surface area (Å²) in [6.07, 6.45) is 8.59. The Hall–Kier alpha value is -0.120. The maximum Gasteiger partial charge on any atom is 0.0250 e. The van der Waals surface area contributed by atoms with Gasteiger partial charge >= 0.3 is 0 Å². The molecule has 4 rings (SSSR count). The zero-order valence-corrected chi connectivity index (χ0v) is 10.8. The van der Waals surface area contributed by atoms with E-state index in [1.165, 1.54) is 64.7 Å². The summed E-state index contributed by atoms with van der Waals surface area (Å²) in [6.45, 7) is 5.39. The van der Waals surface area contributed by atoms with Gasteiger partial charge in [0.15, 0.2) is 0 Å². The molecule has 1 N–H and O–H groups in total. The largest absolute Gasteiger partial charge is 0.308 e. The molecule has 0 radical (unpaired) electrons. The molecule has 17 heavy (non-hydrogen) atoms. The Morgan fingerprint density at radius 2 is 1.71 bits per heavy atom. The second kappa shape index (κ2) is 4.22. The number of nitrogens with zero attached hydrogens (tertiary/aromatic N) is 2. The van der Waals surface area contributed by atoms with E-state index in [0.29, 0.717) is 0 Å². The summed E-state index contributed by atoms with van der Waals surface area (Å²) in [7, 11) is 0. The van der Waals surface area contributed by atoms with Crippen LogP contribution in [0, 0.1) is 0 Å². The Balaban J connectivity index is 1.32. The molecule has 3 aliphatic heterocycles. The monoisotopic (exact) mass is 235 g/mol. The van der Waals surface area contributed by atoms with Crippen molar-refractivity contribution in [3.8, 4) is 0 Å². The minimum atomic E-state index is 0.793. The predicted molar refractivity (Wildman–Crippen MR) is 69.1 cm³/mol. The molecule has 0 aromatic carbocycles. The van der Waals surface area contributed by atoms with E-state index in [4.69, 9.17) is 0 Å². The number of hydrogen-bond acceptors (Lipinski definition) is 3. The molecule has 3 heterocycles. The van der Waals surface area contributed by atoms with Crippen LogP contribution in [0.3, 0.4) is 0 Å². The quantitative estimate of drug-likeness (QED) is 0.789. The average Bonchev–Trinajstić information content (AvgIpc) is 2.78. The molecule has 1 aliphatic carbocycles. The van der Waals surface area contributed by atoms with Crippen molar-refractivity contribution in [2.45, 2.75) is 62.7 Å². The molecule has 96 valence electrons. The molecule has 0 aromatic heterocycles. The van der Waals surface area contributed by atoms with Crippen LogP contribution in [0.5, 0.6) is 0 Å². The van der Waals surface area contributed by atoms with E-state index in [1.807, 2.05) is 0 Å². The molecular weight excluding hydrogens is 210 g/mol. The van der Waals surface area contributed by atoms with Crippen LogP contribution in [-0.2, 0) is 0 Å². The highest BCUT2D eigenvalue weighted by Crippen LogP contribution is 2.32. The fourth-order valence-electron chi connectivity index (χ4n) is 4.27. The zero-order valence-electron chi connectivity index (χ0n) is 10.8. The van der Waals surface area contributed by atoms with Crippen LogP contribution in [0.4, 0.5) is 0 Å². The smallest absolute Gasteiger partial charge is 0.0250 e. The maximum atomic E-state index is 3.98. The molecule has 4 fully saturated rings. The van der Waals surface area contributed by atoms with Crippen LogP contribution in [0.1, 0.15) is 38.5 Å². The number of rotatable bonds is 3. The van der Waals surface area contributed by atoms with E-state index >= 15 is 0 Å². The van der Waals surface area contributed by atoms with Gasteiger partial charge in [-0.05, 0) is 45.1 Å². The van der Waals surface area contributed by atoms with Gasteiger partial charge in [-0.3, -0.25) is 9.80 Å². The second-order valence-electron chi connectivity index (χ2n) is 6.52. The lowest BCUT2D eigenvalue weighted by atomic mass is 10.1. The highest BCUT2D eigenvalue weighted by atomic mass is 15.3. The molecular formula is C14H25N3. The fraction of sp³-hybridized carbons (Fsp3) is 1.00. The molecule has 3 atom stereocenters. The SMILES string of the molecule is C1CC2C(NC3CCN(C4CC4)C3)CCN2C1. The van der Waals surface area contributed by atoms with Gasteiger partial charge in [-0.15, -0.1) is 0 Å². The summed E-state index contributed by atoms with van der Waals surface area (Å²) in [4.78, 5) is 5.43. The molecule has 0 spiro atoms. The van der Waals surface area contributed by atoms with Crippen molar-refractivity contribution in [3.63, 3.8) is 0 Å². The predicted octanol–water partition coefficient (Wildman–Crippen LogP) is 1.05. The maximum absolute atomic E-state index is 3.98. The van der Waals surface area contributed by atoms with Crippen LogP contribution in [0.25, 0.3) is 0 Å². The lowest BCUT2D eigenvalue weighted by molar-refractivity contribution is 0.279. The third-order valence-corrected chi connectivity index (χ3v) is 5.34. The normalized spacial score (nSPS) is 43.4. The van der Waals surface area contributed by atoms with Crippen LogP contribution >= 0.6 is 0 Å². The Morgan fingerprint density at radius 3 is 2.59 bits per heavy atom. The second-order valence-corrected chi connectivity index (χ2v) is 6.52. The van der Waals surface area contributed by atoms with Crippen LogP contribution in [0.2, 0.25) is 0 Å². The van der Waals surface area contributed by atoms with Crippen molar-refractivity contribution < 1.29 is 0 Å². The summed E-state index contributed by atoms with van der Waals surface area (Å²) in [6, 6.07) is 3.45. The molecule has 3 heteroatoms. The topological polar surface area (TPSA) is 18.5 Å². The summed E-state index contributed by atoms with van der Waals surface area (Å²) >= 11 is 0. The van der Waals surface area contributed by atoms with Crippen molar-refractivity contribution >= 4 is 0 Å². The van der Waals surface area contributed by atoms with Crippen LogP contribution < -0.4 is 5.32 Å². The minimum absolute atomic E-state index is 0.793.